The van der Waals surface area contributed by atoms with Crippen molar-refractivity contribution < 1.29 is 9.90 Å². The Kier molecular flexibility index (Phi) is 3.16. The van der Waals surface area contributed by atoms with Crippen molar-refractivity contribution in [1.82, 2.24) is 4.90 Å². The maximum Gasteiger partial charge on any atom is 0.136 e. The smallest absolute Gasteiger partial charge is 0.136 e. The molecule has 24 heavy (non-hydrogen) atoms. The molecule has 4 aliphatic rings. The molecule has 1 heterocycles. The van der Waals surface area contributed by atoms with E-state index in [0.29, 0.717) is 29.9 Å². The number of likely N-dealkylation sites (tertiary alicyclic amines) is 1. The molecule has 3 fully saturated rings. The number of aromatic hydroxyl groups is 1. The Morgan fingerprint density at radius 2 is 2.17 bits per heavy atom. The summed E-state index contributed by atoms with van der Waals surface area (Å²) in [5, 5.41) is 10.1. The fourth-order valence-electron chi connectivity index (χ4n) is 5.91. The van der Waals surface area contributed by atoms with Crippen LogP contribution in [0, 0.1) is 17.8 Å². The Balaban J connectivity index is 1.60. The number of nitrogens with zero attached hydrogens (tertiary/aromatic N) is 1. The minimum absolute atomic E-state index is 0.0133. The summed E-state index contributed by atoms with van der Waals surface area (Å²) >= 11 is 0. The standard InChI is InChI=1S/C21H27NO2/c1-13-8-18-19-9-15-4-5-16(23)10-17(15)21(18,11-20(13)24)6-7-22(19)12-14-2-3-14/h4-5,10,13-14,18-19,23H,2-3,6-9,11-12H2,1H3/t13?,18-,19+,21+/m0/s1. The van der Waals surface area contributed by atoms with Crippen molar-refractivity contribution in [3.05, 3.63) is 29.3 Å². The number of ketones is 1. The number of piperidine rings is 1. The maximum atomic E-state index is 12.6. The Bertz CT molecular complexity index is 695. The molecule has 1 N–H and O–H groups in total. The van der Waals surface area contributed by atoms with E-state index in [4.69, 9.17) is 0 Å². The molecule has 0 amide bonds. The second-order valence-electron chi connectivity index (χ2n) is 8.84. The highest BCUT2D eigenvalue weighted by Gasteiger charge is 2.57. The fourth-order valence-corrected chi connectivity index (χ4v) is 5.91. The van der Waals surface area contributed by atoms with E-state index in [1.54, 1.807) is 0 Å². The van der Waals surface area contributed by atoms with Crippen LogP contribution in [0.5, 0.6) is 5.75 Å². The molecule has 4 atom stereocenters. The van der Waals surface area contributed by atoms with Gasteiger partial charge in [-0.3, -0.25) is 9.69 Å². The van der Waals surface area contributed by atoms with Crippen molar-refractivity contribution in [3.63, 3.8) is 0 Å². The van der Waals surface area contributed by atoms with E-state index < -0.39 is 0 Å². The lowest BCUT2D eigenvalue weighted by atomic mass is 9.50. The molecule has 128 valence electrons. The number of fused-ring (bicyclic) bond motifs is 1. The molecule has 1 aliphatic heterocycles. The van der Waals surface area contributed by atoms with Gasteiger partial charge in [0.05, 0.1) is 0 Å². The average Bonchev–Trinajstić information content (AvgIpc) is 3.36. The molecule has 2 saturated carbocycles. The van der Waals surface area contributed by atoms with Crippen LogP contribution in [-0.4, -0.2) is 34.9 Å². The molecular weight excluding hydrogens is 298 g/mol. The van der Waals surface area contributed by atoms with Crippen LogP contribution in [0.25, 0.3) is 0 Å². The first-order valence-corrected chi connectivity index (χ1v) is 9.66. The van der Waals surface area contributed by atoms with Gasteiger partial charge in [-0.2, -0.15) is 0 Å². The van der Waals surface area contributed by atoms with E-state index >= 15 is 0 Å². The van der Waals surface area contributed by atoms with Crippen molar-refractivity contribution in [2.75, 3.05) is 13.1 Å². The second kappa shape index (κ2) is 5.08. The van der Waals surface area contributed by atoms with Crippen molar-refractivity contribution in [2.45, 2.75) is 56.9 Å². The highest BCUT2D eigenvalue weighted by molar-refractivity contribution is 5.83. The number of hydrogen-bond acceptors (Lipinski definition) is 3. The monoisotopic (exact) mass is 325 g/mol. The lowest BCUT2D eigenvalue weighted by molar-refractivity contribution is -0.132. The van der Waals surface area contributed by atoms with Crippen molar-refractivity contribution in [1.29, 1.82) is 0 Å². The van der Waals surface area contributed by atoms with Gasteiger partial charge in [0.2, 0.25) is 0 Å². The van der Waals surface area contributed by atoms with Gasteiger partial charge in [0.25, 0.3) is 0 Å². The van der Waals surface area contributed by atoms with E-state index in [1.165, 1.54) is 30.5 Å². The third-order valence-electron chi connectivity index (χ3n) is 7.38. The van der Waals surface area contributed by atoms with E-state index in [9.17, 15) is 9.90 Å². The van der Waals surface area contributed by atoms with Crippen LogP contribution in [0.1, 0.15) is 50.2 Å². The van der Waals surface area contributed by atoms with Crippen molar-refractivity contribution in [2.24, 2.45) is 17.8 Å². The average molecular weight is 325 g/mol. The third kappa shape index (κ3) is 2.10. The Hall–Kier alpha value is -1.35. The topological polar surface area (TPSA) is 40.5 Å². The first kappa shape index (κ1) is 14.9. The zero-order chi connectivity index (χ0) is 16.5. The summed E-state index contributed by atoms with van der Waals surface area (Å²) in [7, 11) is 0. The van der Waals surface area contributed by atoms with Crippen LogP contribution in [-0.2, 0) is 16.6 Å². The first-order valence-electron chi connectivity index (χ1n) is 9.66. The lowest BCUT2D eigenvalue weighted by Gasteiger charge is -2.59. The predicted octanol–water partition coefficient (Wildman–Crippen LogP) is 3.29. The van der Waals surface area contributed by atoms with Gasteiger partial charge in [-0.1, -0.05) is 13.0 Å². The van der Waals surface area contributed by atoms with Crippen LogP contribution in [0.4, 0.5) is 0 Å². The second-order valence-corrected chi connectivity index (χ2v) is 8.84. The number of carbonyl (C=O) groups is 1. The third-order valence-corrected chi connectivity index (χ3v) is 7.38. The van der Waals surface area contributed by atoms with Crippen LogP contribution in [0.15, 0.2) is 18.2 Å². The fraction of sp³-hybridized carbons (Fsp3) is 0.667. The largest absolute Gasteiger partial charge is 0.508 e. The first-order chi connectivity index (χ1) is 11.6. The van der Waals surface area contributed by atoms with Crippen molar-refractivity contribution >= 4 is 5.78 Å². The van der Waals surface area contributed by atoms with Gasteiger partial charge < -0.3 is 5.11 Å². The van der Waals surface area contributed by atoms with Gasteiger partial charge in [0, 0.05) is 30.3 Å². The number of Topliss-reactive ketones (excluding diaryl/α,β-unsaturated/α-hetero) is 1. The molecule has 3 aliphatic carbocycles. The number of phenols is 1. The summed E-state index contributed by atoms with van der Waals surface area (Å²) in [5.41, 5.74) is 2.65. The quantitative estimate of drug-likeness (QED) is 0.907. The molecule has 3 heteroatoms. The lowest BCUT2D eigenvalue weighted by Crippen LogP contribution is -2.63. The Morgan fingerprint density at radius 3 is 2.96 bits per heavy atom. The molecular formula is C21H27NO2. The summed E-state index contributed by atoms with van der Waals surface area (Å²) < 4.78 is 0. The SMILES string of the molecule is CC1C[C@H]2[C@H]3Cc4ccc(O)cc4[C@@]2(CCN3CC2CC2)CC1=O. The van der Waals surface area contributed by atoms with Gasteiger partial charge in [-0.25, -0.2) is 0 Å². The number of benzene rings is 1. The summed E-state index contributed by atoms with van der Waals surface area (Å²) in [6.07, 6.45) is 6.69. The minimum Gasteiger partial charge on any atom is -0.508 e. The summed E-state index contributed by atoms with van der Waals surface area (Å²) in [4.78, 5) is 15.4. The number of phenolic OH excluding ortho intramolecular Hbond substituents is 1. The van der Waals surface area contributed by atoms with Crippen LogP contribution in [0.2, 0.25) is 0 Å². The molecule has 0 aromatic heterocycles. The number of carbonyl (C=O) groups excluding carboxylic acids is 1. The molecule has 0 radical (unpaired) electrons. The van der Waals surface area contributed by atoms with Gasteiger partial charge >= 0.3 is 0 Å². The highest BCUT2D eigenvalue weighted by atomic mass is 16.3. The summed E-state index contributed by atoms with van der Waals surface area (Å²) in [6, 6.07) is 6.49. The number of rotatable bonds is 2. The van der Waals surface area contributed by atoms with E-state index in [0.717, 1.165) is 31.7 Å². The van der Waals surface area contributed by atoms with Crippen LogP contribution in [0.3, 0.4) is 0 Å². The molecule has 1 aromatic carbocycles. The molecule has 1 unspecified atom stereocenters. The molecule has 1 saturated heterocycles. The molecule has 3 nitrogen and oxygen atoms in total. The zero-order valence-electron chi connectivity index (χ0n) is 14.5. The van der Waals surface area contributed by atoms with Crippen LogP contribution >= 0.6 is 0 Å². The minimum atomic E-state index is -0.0133. The summed E-state index contributed by atoms with van der Waals surface area (Å²) in [6.45, 7) is 4.50. The maximum absolute atomic E-state index is 12.6. The zero-order valence-corrected chi connectivity index (χ0v) is 14.5. The van der Waals surface area contributed by atoms with Gasteiger partial charge in [-0.15, -0.1) is 0 Å². The molecule has 0 spiro atoms. The van der Waals surface area contributed by atoms with E-state index in [2.05, 4.69) is 17.9 Å². The van der Waals surface area contributed by atoms with E-state index in [1.807, 2.05) is 12.1 Å². The normalized spacial score (nSPS) is 38.5. The highest BCUT2D eigenvalue weighted by Crippen LogP contribution is 2.56. The Morgan fingerprint density at radius 1 is 1.33 bits per heavy atom. The van der Waals surface area contributed by atoms with E-state index in [-0.39, 0.29) is 11.3 Å². The molecule has 2 bridgehead atoms. The molecule has 5 rings (SSSR count). The van der Waals surface area contributed by atoms with Gasteiger partial charge in [-0.05, 0) is 73.7 Å². The van der Waals surface area contributed by atoms with Gasteiger partial charge in [0.1, 0.15) is 11.5 Å². The predicted molar refractivity (Wildman–Crippen MR) is 93.1 cm³/mol. The number of hydrogen-bond donors (Lipinski definition) is 1. The van der Waals surface area contributed by atoms with Gasteiger partial charge in [0.15, 0.2) is 0 Å². The summed E-state index contributed by atoms with van der Waals surface area (Å²) in [5.74, 6) is 2.47. The van der Waals surface area contributed by atoms with Crippen molar-refractivity contribution in [3.8, 4) is 5.75 Å². The Labute approximate surface area is 144 Å². The molecule has 1 aromatic rings. The van der Waals surface area contributed by atoms with Crippen LogP contribution < -0.4 is 0 Å².